The molecule has 0 fully saturated rings. The minimum Gasteiger partial charge on any atom is -0.394 e. The highest BCUT2D eigenvalue weighted by Gasteiger charge is 2.30. The van der Waals surface area contributed by atoms with Crippen molar-refractivity contribution in [2.45, 2.75) is 31.5 Å². The Morgan fingerprint density at radius 1 is 1.20 bits per heavy atom. The molecule has 0 aliphatic carbocycles. The Bertz CT molecular complexity index is 99.7. The van der Waals surface area contributed by atoms with E-state index in [4.69, 9.17) is 10.2 Å². The molecule has 0 radical (unpaired) electrons. The lowest BCUT2D eigenvalue weighted by Crippen LogP contribution is -2.47. The number of hydrogen-bond acceptors (Lipinski definition) is 3. The molecule has 2 atom stereocenters. The minimum absolute atomic E-state index is 0.356. The molecule has 4 heteroatoms. The summed E-state index contributed by atoms with van der Waals surface area (Å²) in [6.07, 6.45) is -0.966. The van der Waals surface area contributed by atoms with Crippen LogP contribution in [0, 0.1) is 0 Å². The van der Waals surface area contributed by atoms with Crippen LogP contribution in [0.1, 0.15) is 0 Å². The summed E-state index contributed by atoms with van der Waals surface area (Å²) in [5, 5.41) is 26.8. The topological polar surface area (TPSA) is 60.7 Å². The van der Waals surface area contributed by atoms with E-state index in [1.807, 2.05) is 19.6 Å². The lowest BCUT2D eigenvalue weighted by Gasteiger charge is -2.26. The molecule has 0 amide bonds. The average molecular weight is 164 g/mol. The van der Waals surface area contributed by atoms with E-state index in [1.165, 1.54) is 0 Å². The second kappa shape index (κ2) is 3.48. The fourth-order valence-corrected chi connectivity index (χ4v) is 1.94. The van der Waals surface area contributed by atoms with Crippen molar-refractivity contribution in [2.24, 2.45) is 0 Å². The molecule has 0 saturated heterocycles. The van der Waals surface area contributed by atoms with Gasteiger partial charge in [0, 0.05) is 0 Å². The summed E-state index contributed by atoms with van der Waals surface area (Å²) in [4.78, 5) is 0. The first-order chi connectivity index (χ1) is 4.39. The third-order valence-corrected chi connectivity index (χ3v) is 3.60. The molecule has 0 aromatic carbocycles. The molecule has 0 saturated carbocycles. The summed E-state index contributed by atoms with van der Waals surface area (Å²) in [6.45, 7) is 5.47. The third kappa shape index (κ3) is 2.79. The van der Waals surface area contributed by atoms with Crippen LogP contribution in [0.4, 0.5) is 0 Å². The van der Waals surface area contributed by atoms with Gasteiger partial charge in [-0.05, 0) is 0 Å². The van der Waals surface area contributed by atoms with Crippen molar-refractivity contribution in [3.8, 4) is 0 Å². The highest BCUT2D eigenvalue weighted by Crippen LogP contribution is 2.10. The maximum absolute atomic E-state index is 9.31. The quantitative estimate of drug-likeness (QED) is 0.496. The van der Waals surface area contributed by atoms with Crippen LogP contribution >= 0.6 is 0 Å². The van der Waals surface area contributed by atoms with E-state index in [1.54, 1.807) is 0 Å². The van der Waals surface area contributed by atoms with Crippen LogP contribution in [0.3, 0.4) is 0 Å². The van der Waals surface area contributed by atoms with Crippen molar-refractivity contribution >= 4 is 8.07 Å². The summed E-state index contributed by atoms with van der Waals surface area (Å²) in [6, 6.07) is 0. The van der Waals surface area contributed by atoms with Crippen molar-refractivity contribution in [3.05, 3.63) is 0 Å². The number of aliphatic hydroxyl groups is 3. The first-order valence-electron chi connectivity index (χ1n) is 3.36. The van der Waals surface area contributed by atoms with Crippen molar-refractivity contribution in [1.29, 1.82) is 0 Å². The Kier molecular flexibility index (Phi) is 3.51. The van der Waals surface area contributed by atoms with E-state index >= 15 is 0 Å². The van der Waals surface area contributed by atoms with E-state index in [-0.39, 0.29) is 6.61 Å². The second-order valence-electron chi connectivity index (χ2n) is 3.56. The molecule has 0 aliphatic heterocycles. The van der Waals surface area contributed by atoms with E-state index in [0.717, 1.165) is 0 Å². The Hall–Kier alpha value is 0.0969. The van der Waals surface area contributed by atoms with Gasteiger partial charge in [0.25, 0.3) is 0 Å². The average Bonchev–Trinajstić information content (AvgIpc) is 1.83. The van der Waals surface area contributed by atoms with Gasteiger partial charge in [-0.3, -0.25) is 0 Å². The Balaban J connectivity index is 3.94. The van der Waals surface area contributed by atoms with Crippen LogP contribution < -0.4 is 0 Å². The summed E-state index contributed by atoms with van der Waals surface area (Å²) in [7, 11) is -1.70. The normalized spacial score (nSPS) is 18.6. The fraction of sp³-hybridized carbons (Fsp3) is 1.00. The van der Waals surface area contributed by atoms with Gasteiger partial charge in [-0.25, -0.2) is 0 Å². The van der Waals surface area contributed by atoms with E-state index < -0.39 is 19.9 Å². The van der Waals surface area contributed by atoms with Crippen LogP contribution in [0.5, 0.6) is 0 Å². The van der Waals surface area contributed by atoms with Crippen LogP contribution in [-0.2, 0) is 0 Å². The van der Waals surface area contributed by atoms with Gasteiger partial charge in [-0.2, -0.15) is 0 Å². The molecule has 3 nitrogen and oxygen atoms in total. The van der Waals surface area contributed by atoms with E-state index in [9.17, 15) is 5.11 Å². The van der Waals surface area contributed by atoms with Gasteiger partial charge in [0.1, 0.15) is 0 Å². The van der Waals surface area contributed by atoms with Gasteiger partial charge < -0.3 is 15.3 Å². The molecule has 0 heterocycles. The third-order valence-electron chi connectivity index (χ3n) is 1.44. The molecule has 0 aromatic heterocycles. The molecule has 62 valence electrons. The summed E-state index contributed by atoms with van der Waals surface area (Å²) in [5.74, 6) is 0. The molecule has 0 aromatic rings. The van der Waals surface area contributed by atoms with Gasteiger partial charge in [0.15, 0.2) is 0 Å². The Morgan fingerprint density at radius 2 is 1.60 bits per heavy atom. The number of hydrogen-bond donors (Lipinski definition) is 3. The van der Waals surface area contributed by atoms with E-state index in [0.29, 0.717) is 0 Å². The molecule has 10 heavy (non-hydrogen) atoms. The summed E-state index contributed by atoms with van der Waals surface area (Å²) < 4.78 is 0. The van der Waals surface area contributed by atoms with Crippen molar-refractivity contribution in [2.75, 3.05) is 6.61 Å². The Labute approximate surface area is 62.3 Å². The second-order valence-corrected chi connectivity index (χ2v) is 8.88. The molecule has 0 bridgehead atoms. The number of rotatable bonds is 3. The lowest BCUT2D eigenvalue weighted by atomic mass is 10.4. The molecule has 0 rings (SSSR count). The first-order valence-corrected chi connectivity index (χ1v) is 6.94. The van der Waals surface area contributed by atoms with Gasteiger partial charge in [-0.1, -0.05) is 19.6 Å². The maximum atomic E-state index is 9.31. The monoisotopic (exact) mass is 164 g/mol. The number of aliphatic hydroxyl groups excluding tert-OH is 3. The van der Waals surface area contributed by atoms with Crippen molar-refractivity contribution < 1.29 is 15.3 Å². The lowest BCUT2D eigenvalue weighted by molar-refractivity contribution is 0.0197. The SMILES string of the molecule is C[Si](C)(C)[C@H](O)[C@@H](O)CO. The molecular formula is C6H16O3Si. The van der Waals surface area contributed by atoms with Crippen molar-refractivity contribution in [1.82, 2.24) is 0 Å². The zero-order valence-electron chi connectivity index (χ0n) is 6.70. The highest BCUT2D eigenvalue weighted by molar-refractivity contribution is 6.77. The van der Waals surface area contributed by atoms with Gasteiger partial charge >= 0.3 is 0 Å². The molecule has 0 unspecified atom stereocenters. The van der Waals surface area contributed by atoms with Crippen LogP contribution in [0.2, 0.25) is 19.6 Å². The molecular weight excluding hydrogens is 148 g/mol. The zero-order chi connectivity index (χ0) is 8.36. The van der Waals surface area contributed by atoms with Crippen LogP contribution in [0.25, 0.3) is 0 Å². The summed E-state index contributed by atoms with van der Waals surface area (Å²) >= 11 is 0. The molecule has 0 spiro atoms. The minimum atomic E-state index is -1.70. The Morgan fingerprint density at radius 3 is 1.70 bits per heavy atom. The predicted molar refractivity (Wildman–Crippen MR) is 42.4 cm³/mol. The standard InChI is InChI=1S/C6H16O3Si/c1-10(2,3)6(9)5(8)4-7/h5-9H,4H2,1-3H3/t5-,6-/m0/s1. The van der Waals surface area contributed by atoms with Crippen molar-refractivity contribution in [3.63, 3.8) is 0 Å². The maximum Gasteiger partial charge on any atom is 0.0999 e. The first kappa shape index (κ1) is 10.1. The largest absolute Gasteiger partial charge is 0.394 e. The highest BCUT2D eigenvalue weighted by atomic mass is 28.3. The predicted octanol–water partition coefficient (Wildman–Crippen LogP) is -0.422. The molecule has 0 aliphatic rings. The zero-order valence-corrected chi connectivity index (χ0v) is 7.70. The summed E-state index contributed by atoms with van der Waals surface area (Å²) in [5.41, 5.74) is -0.725. The molecule has 3 N–H and O–H groups in total. The van der Waals surface area contributed by atoms with Crippen LogP contribution in [0.15, 0.2) is 0 Å². The van der Waals surface area contributed by atoms with Gasteiger partial charge in [0.2, 0.25) is 0 Å². The smallest absolute Gasteiger partial charge is 0.0999 e. The van der Waals surface area contributed by atoms with Gasteiger partial charge in [-0.15, -0.1) is 0 Å². The van der Waals surface area contributed by atoms with E-state index in [2.05, 4.69) is 0 Å². The fourth-order valence-electron chi connectivity index (χ4n) is 0.677. The van der Waals surface area contributed by atoms with Crippen LogP contribution in [-0.4, -0.2) is 41.8 Å². The van der Waals surface area contributed by atoms with Gasteiger partial charge in [0.05, 0.1) is 26.5 Å².